The molecule has 0 bridgehead atoms. The molecule has 0 aliphatic carbocycles. The zero-order chi connectivity index (χ0) is 16.1. The first-order valence-electron chi connectivity index (χ1n) is 7.61. The summed E-state index contributed by atoms with van der Waals surface area (Å²) in [5, 5.41) is 15.3. The van der Waals surface area contributed by atoms with Crippen molar-refractivity contribution in [1.29, 1.82) is 0 Å². The Morgan fingerprint density at radius 1 is 1.32 bits per heavy atom. The summed E-state index contributed by atoms with van der Waals surface area (Å²) in [6.07, 6.45) is 1.54. The molecule has 6 nitrogen and oxygen atoms in total. The van der Waals surface area contributed by atoms with Crippen molar-refractivity contribution in [2.24, 2.45) is 5.92 Å². The van der Waals surface area contributed by atoms with Crippen LogP contribution in [0, 0.1) is 5.92 Å². The van der Waals surface area contributed by atoms with Gasteiger partial charge in [-0.05, 0) is 38.8 Å². The van der Waals surface area contributed by atoms with Crippen molar-refractivity contribution >= 4 is 17.6 Å². The number of carbonyl (C=O) groups excluding carboxylic acids is 2. The van der Waals surface area contributed by atoms with Gasteiger partial charge < -0.3 is 20.6 Å². The van der Waals surface area contributed by atoms with Crippen molar-refractivity contribution in [1.82, 2.24) is 10.2 Å². The molecule has 1 fully saturated rings. The summed E-state index contributed by atoms with van der Waals surface area (Å²) < 4.78 is 0. The molecule has 6 heteroatoms. The highest BCUT2D eigenvalue weighted by Crippen LogP contribution is 2.24. The normalized spacial score (nSPS) is 18.1. The van der Waals surface area contributed by atoms with E-state index in [1.165, 1.54) is 6.07 Å². The number of urea groups is 1. The van der Waals surface area contributed by atoms with Gasteiger partial charge in [0.15, 0.2) is 0 Å². The Bertz CT molecular complexity index is 545. The maximum atomic E-state index is 12.3. The van der Waals surface area contributed by atoms with Gasteiger partial charge in [-0.15, -0.1) is 0 Å². The molecule has 1 aromatic carbocycles. The third-order valence-corrected chi connectivity index (χ3v) is 3.65. The zero-order valence-corrected chi connectivity index (χ0v) is 13.0. The van der Waals surface area contributed by atoms with Crippen LogP contribution in [0.5, 0.6) is 5.75 Å². The average molecular weight is 305 g/mol. The Hall–Kier alpha value is -2.24. The Kier molecular flexibility index (Phi) is 5.25. The summed E-state index contributed by atoms with van der Waals surface area (Å²) in [6, 6.07) is 6.57. The second-order valence-corrected chi connectivity index (χ2v) is 5.90. The highest BCUT2D eigenvalue weighted by molar-refractivity contribution is 5.94. The molecule has 1 aromatic rings. The minimum atomic E-state index is -0.258. The van der Waals surface area contributed by atoms with Crippen LogP contribution < -0.4 is 10.6 Å². The first-order chi connectivity index (χ1) is 10.5. The highest BCUT2D eigenvalue weighted by atomic mass is 16.3. The molecule has 120 valence electrons. The molecule has 0 radical (unpaired) electrons. The van der Waals surface area contributed by atoms with E-state index in [1.807, 2.05) is 13.8 Å². The summed E-state index contributed by atoms with van der Waals surface area (Å²) >= 11 is 0. The molecule has 0 saturated carbocycles. The second-order valence-electron chi connectivity index (χ2n) is 5.90. The van der Waals surface area contributed by atoms with Crippen molar-refractivity contribution in [2.45, 2.75) is 32.7 Å². The fourth-order valence-corrected chi connectivity index (χ4v) is 2.53. The predicted octanol–water partition coefficient (Wildman–Crippen LogP) is 2.16. The quantitative estimate of drug-likeness (QED) is 0.748. The van der Waals surface area contributed by atoms with E-state index >= 15 is 0 Å². The van der Waals surface area contributed by atoms with E-state index in [9.17, 15) is 14.7 Å². The van der Waals surface area contributed by atoms with E-state index in [0.717, 1.165) is 12.8 Å². The number of hydrogen-bond donors (Lipinski definition) is 3. The number of hydrogen-bond acceptors (Lipinski definition) is 3. The molecule has 3 amide bonds. The predicted molar refractivity (Wildman–Crippen MR) is 84.7 cm³/mol. The molecule has 3 N–H and O–H groups in total. The second kappa shape index (κ2) is 7.15. The van der Waals surface area contributed by atoms with E-state index in [0.29, 0.717) is 18.8 Å². The fraction of sp³-hybridized carbons (Fsp3) is 0.500. The summed E-state index contributed by atoms with van der Waals surface area (Å²) in [5.41, 5.74) is 0.399. The molecule has 2 rings (SSSR count). The molecule has 1 saturated heterocycles. The standard InChI is InChI=1S/C16H23N3O3/c1-11(2)17-16(22)19-9-5-6-12(10-19)15(21)18-13-7-3-4-8-14(13)20/h3-4,7-8,11-12,20H,5-6,9-10H2,1-2H3,(H,17,22)(H,18,21). The number of likely N-dealkylation sites (tertiary alicyclic amines) is 1. The van der Waals surface area contributed by atoms with E-state index in [-0.39, 0.29) is 29.6 Å². The third kappa shape index (κ3) is 4.13. The van der Waals surface area contributed by atoms with Crippen molar-refractivity contribution < 1.29 is 14.7 Å². The molecule has 1 unspecified atom stereocenters. The number of para-hydroxylation sites is 2. The van der Waals surface area contributed by atoms with Crippen LogP contribution in [0.3, 0.4) is 0 Å². The maximum absolute atomic E-state index is 12.3. The average Bonchev–Trinajstić information content (AvgIpc) is 2.49. The summed E-state index contributed by atoms with van der Waals surface area (Å²) in [7, 11) is 0. The third-order valence-electron chi connectivity index (χ3n) is 3.65. The smallest absolute Gasteiger partial charge is 0.317 e. The Balaban J connectivity index is 1.95. The van der Waals surface area contributed by atoms with Crippen molar-refractivity contribution in [3.63, 3.8) is 0 Å². The number of anilines is 1. The van der Waals surface area contributed by atoms with Crippen LogP contribution in [0.15, 0.2) is 24.3 Å². The Morgan fingerprint density at radius 3 is 2.73 bits per heavy atom. The minimum Gasteiger partial charge on any atom is -0.506 e. The van der Waals surface area contributed by atoms with Crippen LogP contribution in [0.2, 0.25) is 0 Å². The molecular formula is C16H23N3O3. The van der Waals surface area contributed by atoms with Crippen LogP contribution >= 0.6 is 0 Å². The summed E-state index contributed by atoms with van der Waals surface area (Å²) in [6.45, 7) is 4.88. The van der Waals surface area contributed by atoms with E-state index in [4.69, 9.17) is 0 Å². The molecular weight excluding hydrogens is 282 g/mol. The van der Waals surface area contributed by atoms with Crippen LogP contribution in [0.25, 0.3) is 0 Å². The molecule has 1 aliphatic rings. The molecule has 1 heterocycles. The fourth-order valence-electron chi connectivity index (χ4n) is 2.53. The molecule has 1 aliphatic heterocycles. The number of rotatable bonds is 3. The molecule has 0 aromatic heterocycles. The van der Waals surface area contributed by atoms with Gasteiger partial charge in [0, 0.05) is 19.1 Å². The number of nitrogens with zero attached hydrogens (tertiary/aromatic N) is 1. The van der Waals surface area contributed by atoms with E-state index in [1.54, 1.807) is 23.1 Å². The number of aromatic hydroxyl groups is 1. The minimum absolute atomic E-state index is 0.0427. The SMILES string of the molecule is CC(C)NC(=O)N1CCCC(C(=O)Nc2ccccc2O)C1. The lowest BCUT2D eigenvalue weighted by Gasteiger charge is -2.32. The van der Waals surface area contributed by atoms with E-state index in [2.05, 4.69) is 10.6 Å². The van der Waals surface area contributed by atoms with Crippen LogP contribution in [-0.2, 0) is 4.79 Å². The van der Waals surface area contributed by atoms with Gasteiger partial charge in [-0.2, -0.15) is 0 Å². The van der Waals surface area contributed by atoms with Crippen molar-refractivity contribution in [3.8, 4) is 5.75 Å². The van der Waals surface area contributed by atoms with Gasteiger partial charge in [0.25, 0.3) is 0 Å². The summed E-state index contributed by atoms with van der Waals surface area (Å²) in [5.74, 6) is -0.379. The first-order valence-corrected chi connectivity index (χ1v) is 7.61. The van der Waals surface area contributed by atoms with Crippen LogP contribution in [-0.4, -0.2) is 41.1 Å². The molecule has 0 spiro atoms. The van der Waals surface area contributed by atoms with E-state index < -0.39 is 0 Å². The lowest BCUT2D eigenvalue weighted by molar-refractivity contribution is -0.121. The lowest BCUT2D eigenvalue weighted by Crippen LogP contribution is -2.49. The number of carbonyl (C=O) groups is 2. The number of phenols is 1. The highest BCUT2D eigenvalue weighted by Gasteiger charge is 2.28. The Labute approximate surface area is 130 Å². The first kappa shape index (κ1) is 16.1. The number of benzene rings is 1. The Morgan fingerprint density at radius 2 is 2.05 bits per heavy atom. The van der Waals surface area contributed by atoms with Gasteiger partial charge in [0.05, 0.1) is 11.6 Å². The molecule has 1 atom stereocenters. The van der Waals surface area contributed by atoms with Gasteiger partial charge in [0.1, 0.15) is 5.75 Å². The van der Waals surface area contributed by atoms with Crippen molar-refractivity contribution in [2.75, 3.05) is 18.4 Å². The monoisotopic (exact) mass is 305 g/mol. The number of piperidine rings is 1. The molecule has 22 heavy (non-hydrogen) atoms. The van der Waals surface area contributed by atoms with Gasteiger partial charge in [-0.1, -0.05) is 12.1 Å². The maximum Gasteiger partial charge on any atom is 0.317 e. The van der Waals surface area contributed by atoms with Gasteiger partial charge in [-0.3, -0.25) is 4.79 Å². The van der Waals surface area contributed by atoms with Crippen LogP contribution in [0.4, 0.5) is 10.5 Å². The number of amides is 3. The largest absolute Gasteiger partial charge is 0.506 e. The lowest BCUT2D eigenvalue weighted by atomic mass is 9.97. The van der Waals surface area contributed by atoms with Crippen molar-refractivity contribution in [3.05, 3.63) is 24.3 Å². The van der Waals surface area contributed by atoms with Crippen LogP contribution in [0.1, 0.15) is 26.7 Å². The van der Waals surface area contributed by atoms with Gasteiger partial charge in [0.2, 0.25) is 5.91 Å². The number of nitrogens with one attached hydrogen (secondary N) is 2. The number of phenolic OH excluding ortho intramolecular Hbond substituents is 1. The zero-order valence-electron chi connectivity index (χ0n) is 13.0. The van der Waals surface area contributed by atoms with Gasteiger partial charge >= 0.3 is 6.03 Å². The summed E-state index contributed by atoms with van der Waals surface area (Å²) in [4.78, 5) is 26.0. The van der Waals surface area contributed by atoms with Gasteiger partial charge in [-0.25, -0.2) is 4.79 Å². The topological polar surface area (TPSA) is 81.7 Å².